The van der Waals surface area contributed by atoms with Crippen molar-refractivity contribution in [1.82, 2.24) is 0 Å². The van der Waals surface area contributed by atoms with E-state index in [0.717, 1.165) is 0 Å². The fourth-order valence-electron chi connectivity index (χ4n) is 1.09. The van der Waals surface area contributed by atoms with Gasteiger partial charge in [-0.2, -0.15) is 0 Å². The fourth-order valence-corrected chi connectivity index (χ4v) is 1.32. The summed E-state index contributed by atoms with van der Waals surface area (Å²) in [6.45, 7) is 5.07. The van der Waals surface area contributed by atoms with Crippen LogP contribution in [0.3, 0.4) is 0 Å². The number of hydrogen-bond donors (Lipinski definition) is 1. The molecular weight excluding hydrogens is 233 g/mol. The number of halogens is 2. The molecule has 3 nitrogen and oxygen atoms in total. The normalized spacial score (nSPS) is 11.3. The molecule has 16 heavy (non-hydrogen) atoms. The minimum atomic E-state index is -0.815. The van der Waals surface area contributed by atoms with Gasteiger partial charge in [0.15, 0.2) is 5.82 Å². The zero-order valence-electron chi connectivity index (χ0n) is 9.30. The number of carbonyl (C=O) groups excluding carboxylic acids is 1. The molecule has 1 aromatic carbocycles. The highest BCUT2D eigenvalue weighted by Crippen LogP contribution is 2.24. The molecular formula is C11H13ClFNO2. The van der Waals surface area contributed by atoms with E-state index in [1.165, 1.54) is 12.1 Å². The Hall–Kier alpha value is -1.29. The molecule has 0 saturated heterocycles. The van der Waals surface area contributed by atoms with Crippen LogP contribution in [0.25, 0.3) is 0 Å². The molecule has 1 rings (SSSR count). The molecule has 0 atom stereocenters. The van der Waals surface area contributed by atoms with Crippen LogP contribution in [0, 0.1) is 5.82 Å². The van der Waals surface area contributed by atoms with E-state index in [0.29, 0.717) is 0 Å². The van der Waals surface area contributed by atoms with Crippen LogP contribution < -0.4 is 5.73 Å². The molecule has 0 heterocycles. The zero-order chi connectivity index (χ0) is 12.5. The first-order valence-electron chi connectivity index (χ1n) is 4.68. The first kappa shape index (κ1) is 12.8. The minimum Gasteiger partial charge on any atom is -0.456 e. The quantitative estimate of drug-likeness (QED) is 0.611. The molecule has 0 fully saturated rings. The van der Waals surface area contributed by atoms with Gasteiger partial charge in [0.25, 0.3) is 0 Å². The maximum absolute atomic E-state index is 13.5. The van der Waals surface area contributed by atoms with Crippen LogP contribution in [-0.4, -0.2) is 11.6 Å². The predicted molar refractivity (Wildman–Crippen MR) is 61.0 cm³/mol. The van der Waals surface area contributed by atoms with Gasteiger partial charge in [-0.1, -0.05) is 11.6 Å². The molecule has 0 aliphatic carbocycles. The lowest BCUT2D eigenvalue weighted by atomic mass is 10.1. The maximum Gasteiger partial charge on any atom is 0.341 e. The van der Waals surface area contributed by atoms with Gasteiger partial charge in [0, 0.05) is 5.69 Å². The Balaban J connectivity index is 3.09. The number of benzene rings is 1. The SMILES string of the molecule is CC(C)(C)OC(=O)c1cc(N)cc(Cl)c1F. The third-order valence-corrected chi connectivity index (χ3v) is 1.94. The van der Waals surface area contributed by atoms with E-state index in [2.05, 4.69) is 0 Å². The molecule has 0 unspecified atom stereocenters. The van der Waals surface area contributed by atoms with E-state index in [4.69, 9.17) is 22.1 Å². The third kappa shape index (κ3) is 3.10. The molecule has 0 saturated carbocycles. The van der Waals surface area contributed by atoms with Crippen molar-refractivity contribution < 1.29 is 13.9 Å². The van der Waals surface area contributed by atoms with Crippen molar-refractivity contribution in [2.45, 2.75) is 26.4 Å². The lowest BCUT2D eigenvalue weighted by Crippen LogP contribution is -2.24. The van der Waals surface area contributed by atoms with Crippen molar-refractivity contribution in [3.05, 3.63) is 28.5 Å². The molecule has 0 aromatic heterocycles. The predicted octanol–water partition coefficient (Wildman–Crippen LogP) is 3.02. The molecule has 88 valence electrons. The summed E-state index contributed by atoms with van der Waals surface area (Å²) in [6.07, 6.45) is 0. The monoisotopic (exact) mass is 245 g/mol. The average molecular weight is 246 g/mol. The highest BCUT2D eigenvalue weighted by atomic mass is 35.5. The van der Waals surface area contributed by atoms with Crippen LogP contribution in [0.5, 0.6) is 0 Å². The van der Waals surface area contributed by atoms with E-state index in [9.17, 15) is 9.18 Å². The highest BCUT2D eigenvalue weighted by Gasteiger charge is 2.22. The van der Waals surface area contributed by atoms with E-state index in [1.807, 2.05) is 0 Å². The van der Waals surface area contributed by atoms with Crippen LogP contribution in [0.1, 0.15) is 31.1 Å². The van der Waals surface area contributed by atoms with Gasteiger partial charge in [0.05, 0.1) is 10.6 Å². The molecule has 0 aliphatic heterocycles. The molecule has 1 aromatic rings. The Labute approximate surface area is 98.3 Å². The van der Waals surface area contributed by atoms with E-state index < -0.39 is 17.4 Å². The van der Waals surface area contributed by atoms with Crippen LogP contribution in [0.2, 0.25) is 5.02 Å². The summed E-state index contributed by atoms with van der Waals surface area (Å²) >= 11 is 5.57. The van der Waals surface area contributed by atoms with Gasteiger partial charge in [-0.05, 0) is 32.9 Å². The van der Waals surface area contributed by atoms with Gasteiger partial charge in [-0.25, -0.2) is 9.18 Å². The van der Waals surface area contributed by atoms with E-state index in [-0.39, 0.29) is 16.3 Å². The molecule has 0 radical (unpaired) electrons. The first-order chi connectivity index (χ1) is 7.20. The van der Waals surface area contributed by atoms with Crippen molar-refractivity contribution >= 4 is 23.3 Å². The van der Waals surface area contributed by atoms with Crippen LogP contribution in [0.15, 0.2) is 12.1 Å². The smallest absolute Gasteiger partial charge is 0.341 e. The number of nitrogen functional groups attached to an aromatic ring is 1. The Kier molecular flexibility index (Phi) is 3.43. The first-order valence-corrected chi connectivity index (χ1v) is 5.06. The Morgan fingerprint density at radius 2 is 2.00 bits per heavy atom. The van der Waals surface area contributed by atoms with E-state index in [1.54, 1.807) is 20.8 Å². The summed E-state index contributed by atoms with van der Waals surface area (Å²) < 4.78 is 18.5. The van der Waals surface area contributed by atoms with Gasteiger partial charge in [0.1, 0.15) is 5.60 Å². The van der Waals surface area contributed by atoms with Crippen molar-refractivity contribution in [2.24, 2.45) is 0 Å². The lowest BCUT2D eigenvalue weighted by Gasteiger charge is -2.19. The highest BCUT2D eigenvalue weighted by molar-refractivity contribution is 6.31. The van der Waals surface area contributed by atoms with Crippen molar-refractivity contribution in [2.75, 3.05) is 5.73 Å². The zero-order valence-corrected chi connectivity index (χ0v) is 10.1. The van der Waals surface area contributed by atoms with Gasteiger partial charge >= 0.3 is 5.97 Å². The second-order valence-corrected chi connectivity index (χ2v) is 4.77. The lowest BCUT2D eigenvalue weighted by molar-refractivity contribution is 0.00648. The van der Waals surface area contributed by atoms with E-state index >= 15 is 0 Å². The Morgan fingerprint density at radius 3 is 2.50 bits per heavy atom. The third-order valence-electron chi connectivity index (χ3n) is 1.67. The number of rotatable bonds is 1. The van der Waals surface area contributed by atoms with Gasteiger partial charge in [-0.3, -0.25) is 0 Å². The second-order valence-electron chi connectivity index (χ2n) is 4.37. The number of nitrogens with two attached hydrogens (primary N) is 1. The minimum absolute atomic E-state index is 0.194. The Morgan fingerprint density at radius 1 is 1.44 bits per heavy atom. The summed E-state index contributed by atoms with van der Waals surface area (Å²) in [7, 11) is 0. The van der Waals surface area contributed by atoms with Gasteiger partial charge in [-0.15, -0.1) is 0 Å². The molecule has 0 spiro atoms. The van der Waals surface area contributed by atoms with Crippen molar-refractivity contribution in [3.8, 4) is 0 Å². The van der Waals surface area contributed by atoms with Crippen LogP contribution in [0.4, 0.5) is 10.1 Å². The number of esters is 1. The largest absolute Gasteiger partial charge is 0.456 e. The summed E-state index contributed by atoms with van der Waals surface area (Å²) in [5, 5.41) is -0.194. The van der Waals surface area contributed by atoms with Gasteiger partial charge in [0.2, 0.25) is 0 Å². The molecule has 0 aliphatic rings. The summed E-state index contributed by atoms with van der Waals surface area (Å²) in [5.41, 5.74) is 4.74. The van der Waals surface area contributed by atoms with Crippen molar-refractivity contribution in [1.29, 1.82) is 0 Å². The number of carbonyl (C=O) groups is 1. The standard InChI is InChI=1S/C11H13ClFNO2/c1-11(2,3)16-10(15)7-4-6(14)5-8(12)9(7)13/h4-5H,14H2,1-3H3. The van der Waals surface area contributed by atoms with Crippen LogP contribution >= 0.6 is 11.6 Å². The summed E-state index contributed by atoms with van der Waals surface area (Å²) in [4.78, 5) is 11.6. The fraction of sp³-hybridized carbons (Fsp3) is 0.364. The average Bonchev–Trinajstić information content (AvgIpc) is 2.08. The molecule has 2 N–H and O–H groups in total. The Bertz CT molecular complexity index is 427. The van der Waals surface area contributed by atoms with Crippen LogP contribution in [-0.2, 0) is 4.74 Å². The van der Waals surface area contributed by atoms with Crippen molar-refractivity contribution in [3.63, 3.8) is 0 Å². The molecule has 0 amide bonds. The van der Waals surface area contributed by atoms with Gasteiger partial charge < -0.3 is 10.5 Å². The summed E-state index contributed by atoms with van der Waals surface area (Å²) in [6, 6.07) is 2.44. The summed E-state index contributed by atoms with van der Waals surface area (Å²) in [5.74, 6) is -1.59. The number of anilines is 1. The number of hydrogen-bond acceptors (Lipinski definition) is 3. The molecule has 5 heteroatoms. The topological polar surface area (TPSA) is 52.3 Å². The maximum atomic E-state index is 13.5. The number of ether oxygens (including phenoxy) is 1. The second kappa shape index (κ2) is 4.29. The molecule has 0 bridgehead atoms.